The zero-order valence-electron chi connectivity index (χ0n) is 23.7. The van der Waals surface area contributed by atoms with Crippen molar-refractivity contribution in [2.24, 2.45) is 11.7 Å². The average Bonchev–Trinajstić information content (AvgIpc) is 3.29. The summed E-state index contributed by atoms with van der Waals surface area (Å²) < 4.78 is 5.04. The molecule has 5 heterocycles. The van der Waals surface area contributed by atoms with Gasteiger partial charge in [-0.3, -0.25) is 24.2 Å². The molecule has 5 aliphatic heterocycles. The van der Waals surface area contributed by atoms with E-state index < -0.39 is 6.04 Å². The minimum Gasteiger partial charge on any atom is -0.369 e. The van der Waals surface area contributed by atoms with Crippen LogP contribution in [0.2, 0.25) is 0 Å². The Balaban J connectivity index is 0.963. The molecule has 0 aromatic heterocycles. The van der Waals surface area contributed by atoms with Crippen LogP contribution in [-0.4, -0.2) is 119 Å². The van der Waals surface area contributed by atoms with Gasteiger partial charge >= 0.3 is 0 Å². The van der Waals surface area contributed by atoms with Gasteiger partial charge in [0, 0.05) is 108 Å². The van der Waals surface area contributed by atoms with E-state index in [2.05, 4.69) is 30.5 Å². The third kappa shape index (κ3) is 5.90. The minimum atomic E-state index is -0.552. The number of hydrogen-bond donors (Lipinski definition) is 1. The van der Waals surface area contributed by atoms with Gasteiger partial charge in [-0.05, 0) is 61.8 Å². The smallest absolute Gasteiger partial charge is 0.255 e. The third-order valence-electron chi connectivity index (χ3n) is 9.48. The number of likely N-dealkylation sites (tertiary alicyclic amines) is 1. The molecule has 1 aromatic carbocycles. The Morgan fingerprint density at radius 2 is 1.55 bits per heavy atom. The van der Waals surface area contributed by atoms with Gasteiger partial charge in [0.1, 0.15) is 6.04 Å². The van der Waals surface area contributed by atoms with Crippen molar-refractivity contribution in [3.63, 3.8) is 0 Å². The Labute approximate surface area is 242 Å². The van der Waals surface area contributed by atoms with Crippen molar-refractivity contribution in [3.05, 3.63) is 29.3 Å². The summed E-state index contributed by atoms with van der Waals surface area (Å²) >= 11 is 1.94. The number of piperidine rings is 3. The van der Waals surface area contributed by atoms with E-state index in [1.165, 1.54) is 44.4 Å². The van der Waals surface area contributed by atoms with Crippen molar-refractivity contribution in [1.82, 2.24) is 23.3 Å². The average molecular weight is 570 g/mol. The third-order valence-corrected chi connectivity index (χ3v) is 10.7. The molecule has 0 spiro atoms. The number of likely N-dealkylation sites (N-methyl/N-ethyl adjacent to an activating group) is 1. The lowest BCUT2D eigenvalue weighted by molar-refractivity contribution is -0.150. The number of fused-ring (bicyclic) bond motifs is 1. The monoisotopic (exact) mass is 569 g/mol. The molecular weight excluding hydrogens is 526 g/mol. The molecule has 218 valence electrons. The molecule has 0 aliphatic carbocycles. The summed E-state index contributed by atoms with van der Waals surface area (Å²) in [5, 5.41) is 0. The SMILES string of the molecule is CN1C(=O)CCC(N2Cc3cc(N4CCN(CC5CCN(SN6CCC(N)CC6)CC5)CC4)ccc3C2=O)C1=O. The maximum Gasteiger partial charge on any atom is 0.255 e. The second-order valence-corrected chi connectivity index (χ2v) is 13.3. The number of hydrogen-bond acceptors (Lipinski definition) is 9. The second-order valence-electron chi connectivity index (χ2n) is 12.1. The van der Waals surface area contributed by atoms with Gasteiger partial charge < -0.3 is 15.5 Å². The molecule has 0 saturated carbocycles. The number of carbonyl (C=O) groups is 3. The molecule has 1 aromatic rings. The van der Waals surface area contributed by atoms with Crippen molar-refractivity contribution in [1.29, 1.82) is 0 Å². The number of amides is 3. The van der Waals surface area contributed by atoms with Gasteiger partial charge in [0.2, 0.25) is 5.91 Å². The maximum absolute atomic E-state index is 13.1. The number of imide groups is 1. The first-order valence-electron chi connectivity index (χ1n) is 15.0. The standard InChI is InChI=1S/C29H43N7O3S/c1-31-27(37)5-4-26(29(31)39)36-20-22-18-24(2-3-25(22)28(36)38)33-16-14-32(15-17-33)19-21-6-10-34(11-7-21)40-35-12-8-23(30)9-13-35/h2-3,18,21,23,26H,4-17,19-20,30H2,1H3. The highest BCUT2D eigenvalue weighted by atomic mass is 32.2. The van der Waals surface area contributed by atoms with Crippen LogP contribution in [-0.2, 0) is 16.1 Å². The van der Waals surface area contributed by atoms with Crippen LogP contribution in [0.3, 0.4) is 0 Å². The largest absolute Gasteiger partial charge is 0.369 e. The Kier molecular flexibility index (Phi) is 8.37. The first-order valence-corrected chi connectivity index (χ1v) is 15.7. The van der Waals surface area contributed by atoms with Crippen LogP contribution in [0.25, 0.3) is 0 Å². The molecule has 10 nitrogen and oxygen atoms in total. The zero-order chi connectivity index (χ0) is 27.8. The summed E-state index contributed by atoms with van der Waals surface area (Å²) in [6.45, 7) is 10.2. The lowest BCUT2D eigenvalue weighted by Gasteiger charge is -2.40. The lowest BCUT2D eigenvalue weighted by atomic mass is 9.97. The van der Waals surface area contributed by atoms with Crippen molar-refractivity contribution in [3.8, 4) is 0 Å². The van der Waals surface area contributed by atoms with E-state index >= 15 is 0 Å². The minimum absolute atomic E-state index is 0.1000. The van der Waals surface area contributed by atoms with Crippen LogP contribution in [0, 0.1) is 5.92 Å². The van der Waals surface area contributed by atoms with Gasteiger partial charge in [-0.15, -0.1) is 0 Å². The quantitative estimate of drug-likeness (QED) is 0.405. The predicted molar refractivity (Wildman–Crippen MR) is 156 cm³/mol. The first-order chi connectivity index (χ1) is 19.4. The number of nitrogens with zero attached hydrogens (tertiary/aromatic N) is 6. The highest BCUT2D eigenvalue weighted by Gasteiger charge is 2.41. The summed E-state index contributed by atoms with van der Waals surface area (Å²) in [7, 11) is 1.51. The van der Waals surface area contributed by atoms with E-state index in [0.29, 0.717) is 31.0 Å². The Morgan fingerprint density at radius 1 is 0.875 bits per heavy atom. The summed E-state index contributed by atoms with van der Waals surface area (Å²) in [6, 6.07) is 5.94. The van der Waals surface area contributed by atoms with Crippen LogP contribution in [0.15, 0.2) is 18.2 Å². The molecule has 3 amide bonds. The van der Waals surface area contributed by atoms with Crippen LogP contribution in [0.5, 0.6) is 0 Å². The fourth-order valence-corrected chi connectivity index (χ4v) is 7.89. The molecule has 11 heteroatoms. The second kappa shape index (κ2) is 12.0. The lowest BCUT2D eigenvalue weighted by Crippen LogP contribution is -2.53. The van der Waals surface area contributed by atoms with E-state index in [4.69, 9.17) is 5.73 Å². The van der Waals surface area contributed by atoms with Crippen molar-refractivity contribution < 1.29 is 14.4 Å². The molecule has 1 unspecified atom stereocenters. The highest BCUT2D eigenvalue weighted by molar-refractivity contribution is 7.94. The Hall–Kier alpha value is -2.18. The van der Waals surface area contributed by atoms with Gasteiger partial charge in [0.25, 0.3) is 11.8 Å². The van der Waals surface area contributed by atoms with Gasteiger partial charge in [-0.25, -0.2) is 8.61 Å². The van der Waals surface area contributed by atoms with E-state index in [-0.39, 0.29) is 17.7 Å². The topological polar surface area (TPSA) is 96.7 Å². The Bertz CT molecular complexity index is 1110. The molecule has 6 rings (SSSR count). The molecule has 40 heavy (non-hydrogen) atoms. The number of anilines is 1. The number of nitrogens with two attached hydrogens (primary N) is 1. The van der Waals surface area contributed by atoms with Crippen LogP contribution < -0.4 is 10.6 Å². The normalized spacial score (nSPS) is 26.7. The summed E-state index contributed by atoms with van der Waals surface area (Å²) in [4.78, 5) is 45.6. The van der Waals surface area contributed by atoms with Crippen LogP contribution in [0.4, 0.5) is 5.69 Å². The molecule has 5 aliphatic rings. The van der Waals surface area contributed by atoms with Gasteiger partial charge in [0.15, 0.2) is 0 Å². The fraction of sp³-hybridized carbons (Fsp3) is 0.690. The molecule has 0 bridgehead atoms. The van der Waals surface area contributed by atoms with Gasteiger partial charge in [-0.1, -0.05) is 0 Å². The van der Waals surface area contributed by atoms with E-state index in [1.807, 2.05) is 18.2 Å². The zero-order valence-corrected chi connectivity index (χ0v) is 24.5. The van der Waals surface area contributed by atoms with Crippen LogP contribution >= 0.6 is 12.1 Å². The highest BCUT2D eigenvalue weighted by Crippen LogP contribution is 2.32. The van der Waals surface area contributed by atoms with E-state index in [1.54, 1.807) is 4.90 Å². The molecule has 2 N–H and O–H groups in total. The molecule has 4 saturated heterocycles. The van der Waals surface area contributed by atoms with E-state index in [9.17, 15) is 14.4 Å². The number of rotatable bonds is 6. The number of benzene rings is 1. The number of piperazine rings is 1. The molecule has 4 fully saturated rings. The van der Waals surface area contributed by atoms with Gasteiger partial charge in [-0.2, -0.15) is 0 Å². The molecule has 1 atom stereocenters. The van der Waals surface area contributed by atoms with Crippen molar-refractivity contribution in [2.75, 3.05) is 70.9 Å². The first kappa shape index (κ1) is 28.0. The summed E-state index contributed by atoms with van der Waals surface area (Å²) in [5.74, 6) is 0.226. The summed E-state index contributed by atoms with van der Waals surface area (Å²) in [5.41, 5.74) is 8.87. The number of carbonyl (C=O) groups excluding carboxylic acids is 3. The van der Waals surface area contributed by atoms with Crippen molar-refractivity contribution >= 4 is 35.5 Å². The van der Waals surface area contributed by atoms with Gasteiger partial charge in [0.05, 0.1) is 0 Å². The predicted octanol–water partition coefficient (Wildman–Crippen LogP) is 1.61. The fourth-order valence-electron chi connectivity index (χ4n) is 6.81. The van der Waals surface area contributed by atoms with E-state index in [0.717, 1.165) is 69.3 Å². The van der Waals surface area contributed by atoms with Crippen LogP contribution in [0.1, 0.15) is 54.4 Å². The molecule has 0 radical (unpaired) electrons. The summed E-state index contributed by atoms with van der Waals surface area (Å²) in [6.07, 6.45) is 5.46. The molecular formula is C29H43N7O3S. The maximum atomic E-state index is 13.1. The Morgan fingerprint density at radius 3 is 2.25 bits per heavy atom. The van der Waals surface area contributed by atoms with Crippen molar-refractivity contribution in [2.45, 2.75) is 57.2 Å².